The Kier molecular flexibility index (Phi) is 3.83. The van der Waals surface area contributed by atoms with E-state index in [1.165, 1.54) is 0 Å². The summed E-state index contributed by atoms with van der Waals surface area (Å²) in [6.07, 6.45) is 0. The molecule has 110 valence electrons. The van der Waals surface area contributed by atoms with Gasteiger partial charge in [0.25, 0.3) is 5.89 Å². The van der Waals surface area contributed by atoms with Crippen LogP contribution in [0.5, 0.6) is 5.75 Å². The number of benzene rings is 1. The molecular weight excluding hydrogens is 290 g/mol. The lowest BCUT2D eigenvalue weighted by molar-refractivity contribution is -0.129. The van der Waals surface area contributed by atoms with Crippen LogP contribution in [0.25, 0.3) is 11.4 Å². The molecule has 1 aromatic carbocycles. The Bertz CT molecular complexity index is 658. The van der Waals surface area contributed by atoms with Gasteiger partial charge in [-0.2, -0.15) is 4.98 Å². The van der Waals surface area contributed by atoms with Crippen LogP contribution in [0.4, 0.5) is 0 Å². The topological polar surface area (TPSA) is 68.5 Å². The number of hydrogen-bond acceptors (Lipinski definition) is 6. The van der Waals surface area contributed by atoms with Gasteiger partial charge in [-0.1, -0.05) is 17.3 Å². The first-order valence-corrected chi connectivity index (χ1v) is 7.68. The zero-order valence-electron chi connectivity index (χ0n) is 11.8. The van der Waals surface area contributed by atoms with E-state index in [-0.39, 0.29) is 11.9 Å². The van der Waals surface area contributed by atoms with Gasteiger partial charge in [-0.25, -0.2) is 0 Å². The predicted molar refractivity (Wildman–Crippen MR) is 78.9 cm³/mol. The Balaban J connectivity index is 1.91. The van der Waals surface area contributed by atoms with Crippen molar-refractivity contribution in [3.63, 3.8) is 0 Å². The highest BCUT2D eigenvalue weighted by molar-refractivity contribution is 7.99. The second-order valence-electron chi connectivity index (χ2n) is 4.66. The summed E-state index contributed by atoms with van der Waals surface area (Å²) in [6, 6.07) is 7.34. The second-order valence-corrected chi connectivity index (χ2v) is 5.66. The summed E-state index contributed by atoms with van der Waals surface area (Å²) >= 11 is 1.68. The van der Waals surface area contributed by atoms with Crippen molar-refractivity contribution in [3.05, 3.63) is 30.2 Å². The number of nitrogens with zero attached hydrogens (tertiary/aromatic N) is 3. The van der Waals surface area contributed by atoms with Gasteiger partial charge >= 0.3 is 0 Å². The van der Waals surface area contributed by atoms with Gasteiger partial charge in [0, 0.05) is 12.7 Å². The van der Waals surface area contributed by atoms with Crippen molar-refractivity contribution in [3.8, 4) is 17.1 Å². The lowest BCUT2D eigenvalue weighted by Gasteiger charge is -2.18. The molecule has 0 spiro atoms. The fraction of sp³-hybridized carbons (Fsp3) is 0.357. The van der Waals surface area contributed by atoms with Gasteiger partial charge in [0.2, 0.25) is 11.7 Å². The van der Waals surface area contributed by atoms with Crippen LogP contribution < -0.4 is 4.74 Å². The Labute approximate surface area is 126 Å². The molecule has 2 heterocycles. The van der Waals surface area contributed by atoms with Crippen LogP contribution in [-0.4, -0.2) is 39.7 Å². The van der Waals surface area contributed by atoms with Gasteiger partial charge in [-0.05, 0) is 12.1 Å². The van der Waals surface area contributed by atoms with Crippen LogP contribution in [0.2, 0.25) is 0 Å². The molecule has 0 bridgehead atoms. The fourth-order valence-corrected chi connectivity index (χ4v) is 3.48. The molecule has 1 aromatic heterocycles. The summed E-state index contributed by atoms with van der Waals surface area (Å²) in [5.74, 6) is 3.08. The maximum Gasteiger partial charge on any atom is 0.250 e. The standard InChI is InChI=1S/C14H15N3O3S/c1-9(18)17-8-21-7-11(17)14-15-13(16-20-14)10-5-3-4-6-12(10)19-2/h3-6,11H,7-8H2,1-2H3. The minimum atomic E-state index is -0.150. The Morgan fingerprint density at radius 3 is 3.05 bits per heavy atom. The molecule has 7 heteroatoms. The highest BCUT2D eigenvalue weighted by Crippen LogP contribution is 2.34. The Morgan fingerprint density at radius 2 is 2.29 bits per heavy atom. The van der Waals surface area contributed by atoms with Crippen LogP contribution in [0.15, 0.2) is 28.8 Å². The van der Waals surface area contributed by atoms with E-state index >= 15 is 0 Å². The molecule has 1 aliphatic heterocycles. The van der Waals surface area contributed by atoms with Crippen molar-refractivity contribution in [2.75, 3.05) is 18.7 Å². The number of aromatic nitrogens is 2. The first-order valence-electron chi connectivity index (χ1n) is 6.52. The van der Waals surface area contributed by atoms with Crippen molar-refractivity contribution in [2.45, 2.75) is 13.0 Å². The van der Waals surface area contributed by atoms with Crippen LogP contribution in [0.3, 0.4) is 0 Å². The molecule has 0 saturated carbocycles. The Hall–Kier alpha value is -2.02. The van der Waals surface area contributed by atoms with Crippen LogP contribution >= 0.6 is 11.8 Å². The number of rotatable bonds is 3. The first kappa shape index (κ1) is 13.9. The molecule has 1 saturated heterocycles. The summed E-state index contributed by atoms with van der Waals surface area (Å²) in [4.78, 5) is 17.8. The van der Waals surface area contributed by atoms with Crippen molar-refractivity contribution in [1.82, 2.24) is 15.0 Å². The molecule has 0 radical (unpaired) electrons. The van der Waals surface area contributed by atoms with E-state index < -0.39 is 0 Å². The van der Waals surface area contributed by atoms with Gasteiger partial charge in [0.05, 0.1) is 18.6 Å². The third-order valence-corrected chi connectivity index (χ3v) is 4.37. The molecule has 1 fully saturated rings. The number of amides is 1. The predicted octanol–water partition coefficient (Wildman–Crippen LogP) is 2.34. The van der Waals surface area contributed by atoms with E-state index in [1.807, 2.05) is 24.3 Å². The summed E-state index contributed by atoms with van der Waals surface area (Å²) < 4.78 is 10.7. The highest BCUT2D eigenvalue weighted by Gasteiger charge is 2.33. The van der Waals surface area contributed by atoms with Gasteiger partial charge in [0.15, 0.2) is 0 Å². The van der Waals surface area contributed by atoms with Crippen molar-refractivity contribution in [2.24, 2.45) is 0 Å². The molecule has 1 atom stereocenters. The maximum absolute atomic E-state index is 11.6. The van der Waals surface area contributed by atoms with Crippen molar-refractivity contribution in [1.29, 1.82) is 0 Å². The summed E-state index contributed by atoms with van der Waals surface area (Å²) in [5, 5.41) is 4.02. The second kappa shape index (κ2) is 5.77. The molecule has 0 aliphatic carbocycles. The van der Waals surface area contributed by atoms with Crippen molar-refractivity contribution >= 4 is 17.7 Å². The molecule has 2 aromatic rings. The SMILES string of the molecule is COc1ccccc1-c1noc(C2CSCN2C(C)=O)n1. The normalized spacial score (nSPS) is 18.0. The molecular formula is C14H15N3O3S. The lowest BCUT2D eigenvalue weighted by Crippen LogP contribution is -2.28. The molecule has 1 unspecified atom stereocenters. The van der Waals surface area contributed by atoms with Crippen molar-refractivity contribution < 1.29 is 14.1 Å². The summed E-state index contributed by atoms with van der Waals surface area (Å²) in [6.45, 7) is 1.55. The van der Waals surface area contributed by atoms with Crippen LogP contribution in [0, 0.1) is 0 Å². The number of thioether (sulfide) groups is 1. The molecule has 0 N–H and O–H groups in total. The average Bonchev–Trinajstić information content (AvgIpc) is 3.15. The first-order chi connectivity index (χ1) is 10.2. The van der Waals surface area contributed by atoms with E-state index in [1.54, 1.807) is 30.7 Å². The third-order valence-electron chi connectivity index (χ3n) is 3.36. The number of ether oxygens (including phenoxy) is 1. The van der Waals surface area contributed by atoms with Gasteiger partial charge < -0.3 is 14.2 Å². The van der Waals surface area contributed by atoms with Gasteiger partial charge in [0.1, 0.15) is 11.8 Å². The van der Waals surface area contributed by atoms with E-state index in [0.717, 1.165) is 11.3 Å². The quantitative estimate of drug-likeness (QED) is 0.867. The number of para-hydroxylation sites is 1. The highest BCUT2D eigenvalue weighted by atomic mass is 32.2. The minimum absolute atomic E-state index is 0.0158. The van der Waals surface area contributed by atoms with Gasteiger partial charge in [-0.15, -0.1) is 11.8 Å². The average molecular weight is 305 g/mol. The summed E-state index contributed by atoms with van der Waals surface area (Å²) in [5.41, 5.74) is 0.773. The molecule has 3 rings (SSSR count). The number of carbonyl (C=O) groups excluding carboxylic acids is 1. The molecule has 1 aliphatic rings. The van der Waals surface area contributed by atoms with Gasteiger partial charge in [-0.3, -0.25) is 4.79 Å². The van der Waals surface area contributed by atoms with E-state index in [0.29, 0.717) is 23.3 Å². The van der Waals surface area contributed by atoms with E-state index in [2.05, 4.69) is 10.1 Å². The largest absolute Gasteiger partial charge is 0.496 e. The fourth-order valence-electron chi connectivity index (χ4n) is 2.27. The molecule has 1 amide bonds. The van der Waals surface area contributed by atoms with Crippen LogP contribution in [0.1, 0.15) is 18.9 Å². The summed E-state index contributed by atoms with van der Waals surface area (Å²) in [7, 11) is 1.60. The number of methoxy groups -OCH3 is 1. The third kappa shape index (κ3) is 2.61. The Morgan fingerprint density at radius 1 is 1.48 bits per heavy atom. The lowest BCUT2D eigenvalue weighted by atomic mass is 10.2. The monoisotopic (exact) mass is 305 g/mol. The zero-order chi connectivity index (χ0) is 14.8. The number of hydrogen-bond donors (Lipinski definition) is 0. The zero-order valence-corrected chi connectivity index (χ0v) is 12.6. The van der Waals surface area contributed by atoms with E-state index in [4.69, 9.17) is 9.26 Å². The minimum Gasteiger partial charge on any atom is -0.496 e. The van der Waals surface area contributed by atoms with Crippen LogP contribution in [-0.2, 0) is 4.79 Å². The maximum atomic E-state index is 11.6. The molecule has 6 nitrogen and oxygen atoms in total. The van der Waals surface area contributed by atoms with E-state index in [9.17, 15) is 4.79 Å². The smallest absolute Gasteiger partial charge is 0.250 e. The number of carbonyl (C=O) groups is 1. The molecule has 21 heavy (non-hydrogen) atoms.